The summed E-state index contributed by atoms with van der Waals surface area (Å²) in [6.07, 6.45) is 4.20. The van der Waals surface area contributed by atoms with Gasteiger partial charge in [0.25, 0.3) is 0 Å². The molecule has 18 heavy (non-hydrogen) atoms. The van der Waals surface area contributed by atoms with Gasteiger partial charge in [-0.1, -0.05) is 18.2 Å². The van der Waals surface area contributed by atoms with Crippen LogP contribution in [0.4, 0.5) is 0 Å². The Morgan fingerprint density at radius 1 is 1.17 bits per heavy atom. The number of fused-ring (bicyclic) bond motifs is 1. The van der Waals surface area contributed by atoms with Crippen LogP contribution in [-0.4, -0.2) is 11.7 Å². The number of carbonyl (C=O) groups is 2. The summed E-state index contributed by atoms with van der Waals surface area (Å²) in [4.78, 5) is 22.3. The number of hydrogen-bond donors (Lipinski definition) is 1. The third kappa shape index (κ3) is 3.42. The molecule has 1 N–H and O–H groups in total. The number of rotatable bonds is 5. The zero-order chi connectivity index (χ0) is 13.0. The number of aryl methyl sites for hydroxylation is 2. The molecule has 0 spiro atoms. The van der Waals surface area contributed by atoms with E-state index in [1.54, 1.807) is 0 Å². The Labute approximate surface area is 108 Å². The highest BCUT2D eigenvalue weighted by atomic mass is 16.2. The SMILES string of the molecule is CC(=O)CCC(=O)NCc1ccc2c(c1)CCC2. The minimum atomic E-state index is -0.0503. The molecule has 0 bridgehead atoms. The van der Waals surface area contributed by atoms with Crippen LogP contribution < -0.4 is 5.32 Å². The first-order valence-corrected chi connectivity index (χ1v) is 6.52. The lowest BCUT2D eigenvalue weighted by atomic mass is 10.1. The molecule has 0 saturated heterocycles. The van der Waals surface area contributed by atoms with Gasteiger partial charge in [-0.2, -0.15) is 0 Å². The molecule has 0 atom stereocenters. The number of amides is 1. The predicted octanol–water partition coefficient (Wildman–Crippen LogP) is 2.16. The Morgan fingerprint density at radius 3 is 2.72 bits per heavy atom. The van der Waals surface area contributed by atoms with E-state index in [4.69, 9.17) is 0 Å². The van der Waals surface area contributed by atoms with Gasteiger partial charge in [-0.25, -0.2) is 0 Å². The molecule has 0 radical (unpaired) electrons. The van der Waals surface area contributed by atoms with E-state index in [9.17, 15) is 9.59 Å². The summed E-state index contributed by atoms with van der Waals surface area (Å²) in [5.74, 6) is 0.00776. The molecule has 1 aromatic rings. The summed E-state index contributed by atoms with van der Waals surface area (Å²) in [6.45, 7) is 2.07. The molecule has 0 aliphatic heterocycles. The zero-order valence-corrected chi connectivity index (χ0v) is 10.8. The lowest BCUT2D eigenvalue weighted by molar-refractivity contribution is -0.124. The van der Waals surface area contributed by atoms with Crippen LogP contribution in [-0.2, 0) is 29.0 Å². The highest BCUT2D eigenvalue weighted by molar-refractivity contribution is 5.83. The monoisotopic (exact) mass is 245 g/mol. The fourth-order valence-electron chi connectivity index (χ4n) is 2.31. The quantitative estimate of drug-likeness (QED) is 0.864. The maximum absolute atomic E-state index is 11.5. The van der Waals surface area contributed by atoms with Crippen molar-refractivity contribution in [3.8, 4) is 0 Å². The number of ketones is 1. The van der Waals surface area contributed by atoms with E-state index in [1.165, 1.54) is 30.9 Å². The Bertz CT molecular complexity index is 466. The molecule has 0 aromatic heterocycles. The van der Waals surface area contributed by atoms with E-state index in [2.05, 4.69) is 23.5 Å². The van der Waals surface area contributed by atoms with Gasteiger partial charge in [0, 0.05) is 19.4 Å². The van der Waals surface area contributed by atoms with Gasteiger partial charge in [0.2, 0.25) is 5.91 Å². The largest absolute Gasteiger partial charge is 0.352 e. The summed E-state index contributed by atoms with van der Waals surface area (Å²) in [5.41, 5.74) is 4.01. The van der Waals surface area contributed by atoms with Gasteiger partial charge in [-0.3, -0.25) is 4.79 Å². The molecular formula is C15H19NO2. The molecular weight excluding hydrogens is 226 g/mol. The van der Waals surface area contributed by atoms with Crippen molar-refractivity contribution in [3.63, 3.8) is 0 Å². The van der Waals surface area contributed by atoms with E-state index in [0.717, 1.165) is 12.0 Å². The molecule has 1 amide bonds. The van der Waals surface area contributed by atoms with Crippen LogP contribution in [0, 0.1) is 0 Å². The van der Waals surface area contributed by atoms with Crippen molar-refractivity contribution < 1.29 is 9.59 Å². The van der Waals surface area contributed by atoms with Gasteiger partial charge in [0.05, 0.1) is 0 Å². The van der Waals surface area contributed by atoms with Gasteiger partial charge in [0.15, 0.2) is 0 Å². The molecule has 2 rings (SSSR count). The molecule has 0 fully saturated rings. The number of nitrogens with one attached hydrogen (secondary N) is 1. The molecule has 1 aromatic carbocycles. The number of carbonyl (C=O) groups excluding carboxylic acids is 2. The molecule has 1 aliphatic rings. The lowest BCUT2D eigenvalue weighted by Gasteiger charge is -2.07. The molecule has 0 saturated carbocycles. The van der Waals surface area contributed by atoms with Crippen molar-refractivity contribution in [3.05, 3.63) is 34.9 Å². The average molecular weight is 245 g/mol. The van der Waals surface area contributed by atoms with E-state index < -0.39 is 0 Å². The van der Waals surface area contributed by atoms with Gasteiger partial charge >= 0.3 is 0 Å². The van der Waals surface area contributed by atoms with Crippen molar-refractivity contribution in [2.24, 2.45) is 0 Å². The third-order valence-electron chi connectivity index (χ3n) is 3.36. The maximum atomic E-state index is 11.5. The minimum absolute atomic E-state index is 0.0503. The Morgan fingerprint density at radius 2 is 1.94 bits per heavy atom. The molecule has 96 valence electrons. The van der Waals surface area contributed by atoms with Crippen molar-refractivity contribution in [1.29, 1.82) is 0 Å². The second kappa shape index (κ2) is 5.80. The molecule has 1 aliphatic carbocycles. The lowest BCUT2D eigenvalue weighted by Crippen LogP contribution is -2.23. The number of Topliss-reactive ketones (excluding diaryl/α,β-unsaturated/α-hetero) is 1. The van der Waals surface area contributed by atoms with Crippen molar-refractivity contribution in [1.82, 2.24) is 5.32 Å². The molecule has 3 nitrogen and oxygen atoms in total. The van der Waals surface area contributed by atoms with E-state index >= 15 is 0 Å². The summed E-state index contributed by atoms with van der Waals surface area (Å²) in [7, 11) is 0. The Hall–Kier alpha value is -1.64. The molecule has 0 unspecified atom stereocenters. The second-order valence-corrected chi connectivity index (χ2v) is 4.94. The van der Waals surface area contributed by atoms with Crippen LogP contribution >= 0.6 is 0 Å². The number of benzene rings is 1. The first-order valence-electron chi connectivity index (χ1n) is 6.52. The minimum Gasteiger partial charge on any atom is -0.352 e. The topological polar surface area (TPSA) is 46.2 Å². The Balaban J connectivity index is 1.83. The summed E-state index contributed by atoms with van der Waals surface area (Å²) < 4.78 is 0. The van der Waals surface area contributed by atoms with Gasteiger partial charge in [-0.15, -0.1) is 0 Å². The third-order valence-corrected chi connectivity index (χ3v) is 3.36. The van der Waals surface area contributed by atoms with Gasteiger partial charge in [0.1, 0.15) is 5.78 Å². The predicted molar refractivity (Wildman–Crippen MR) is 70.2 cm³/mol. The number of hydrogen-bond acceptors (Lipinski definition) is 2. The van der Waals surface area contributed by atoms with Crippen molar-refractivity contribution >= 4 is 11.7 Å². The fraction of sp³-hybridized carbons (Fsp3) is 0.467. The van der Waals surface area contributed by atoms with Gasteiger partial charge in [-0.05, 0) is 42.9 Å². The summed E-state index contributed by atoms with van der Waals surface area (Å²) >= 11 is 0. The summed E-state index contributed by atoms with van der Waals surface area (Å²) in [5, 5.41) is 2.85. The van der Waals surface area contributed by atoms with Crippen molar-refractivity contribution in [2.45, 2.75) is 45.6 Å². The first kappa shape index (κ1) is 12.8. The van der Waals surface area contributed by atoms with Crippen LogP contribution in [0.15, 0.2) is 18.2 Å². The smallest absolute Gasteiger partial charge is 0.220 e. The second-order valence-electron chi connectivity index (χ2n) is 4.94. The normalized spacial score (nSPS) is 13.2. The Kier molecular flexibility index (Phi) is 4.13. The van der Waals surface area contributed by atoms with E-state index in [0.29, 0.717) is 19.4 Å². The van der Waals surface area contributed by atoms with Gasteiger partial charge < -0.3 is 10.1 Å². The molecule has 3 heteroatoms. The summed E-state index contributed by atoms with van der Waals surface area (Å²) in [6, 6.07) is 6.43. The highest BCUT2D eigenvalue weighted by Crippen LogP contribution is 2.22. The van der Waals surface area contributed by atoms with Crippen LogP contribution in [0.2, 0.25) is 0 Å². The van der Waals surface area contributed by atoms with Crippen LogP contribution in [0.1, 0.15) is 42.9 Å². The van der Waals surface area contributed by atoms with Crippen LogP contribution in [0.5, 0.6) is 0 Å². The van der Waals surface area contributed by atoms with E-state index in [-0.39, 0.29) is 11.7 Å². The standard InChI is InChI=1S/C15H19NO2/c1-11(17)5-8-15(18)16-10-12-6-7-13-3-2-4-14(13)9-12/h6-7,9H,2-5,8,10H2,1H3,(H,16,18). The zero-order valence-electron chi connectivity index (χ0n) is 10.8. The fourth-order valence-corrected chi connectivity index (χ4v) is 2.31. The average Bonchev–Trinajstić information content (AvgIpc) is 2.81. The van der Waals surface area contributed by atoms with Crippen molar-refractivity contribution in [2.75, 3.05) is 0 Å². The van der Waals surface area contributed by atoms with Crippen LogP contribution in [0.3, 0.4) is 0 Å². The highest BCUT2D eigenvalue weighted by Gasteiger charge is 2.11. The van der Waals surface area contributed by atoms with E-state index in [1.807, 2.05) is 0 Å². The van der Waals surface area contributed by atoms with Crippen LogP contribution in [0.25, 0.3) is 0 Å². The first-order chi connectivity index (χ1) is 8.65. The maximum Gasteiger partial charge on any atom is 0.220 e. The molecule has 0 heterocycles.